The van der Waals surface area contributed by atoms with E-state index in [0.717, 1.165) is 19.3 Å². The van der Waals surface area contributed by atoms with Crippen LogP contribution >= 0.6 is 12.4 Å². The van der Waals surface area contributed by atoms with Crippen LogP contribution in [0.15, 0.2) is 24.3 Å². The summed E-state index contributed by atoms with van der Waals surface area (Å²) in [6.45, 7) is 5.85. The Kier molecular flexibility index (Phi) is 11.1. The van der Waals surface area contributed by atoms with Crippen molar-refractivity contribution in [3.63, 3.8) is 0 Å². The molecule has 0 aromatic heterocycles. The van der Waals surface area contributed by atoms with Crippen LogP contribution in [-0.2, 0) is 19.1 Å². The van der Waals surface area contributed by atoms with Crippen LogP contribution in [0.3, 0.4) is 0 Å². The number of likely N-dealkylation sites (N-methyl/N-ethyl adjacent to an activating group) is 1. The molecule has 6 atom stereocenters. The zero-order chi connectivity index (χ0) is 21.6. The van der Waals surface area contributed by atoms with Crippen LogP contribution in [0, 0.1) is 17.8 Å². The summed E-state index contributed by atoms with van der Waals surface area (Å²) >= 11 is 0. The second kappa shape index (κ2) is 12.5. The Morgan fingerprint density at radius 2 is 1.97 bits per heavy atom. The summed E-state index contributed by atoms with van der Waals surface area (Å²) in [5, 5.41) is 10.3. The van der Waals surface area contributed by atoms with Gasteiger partial charge in [-0.05, 0) is 71.0 Å². The largest absolute Gasteiger partial charge is 0.460 e. The molecule has 0 unspecified atom stereocenters. The van der Waals surface area contributed by atoms with Gasteiger partial charge in [-0.2, -0.15) is 0 Å². The van der Waals surface area contributed by atoms with Crippen LogP contribution in [-0.4, -0.2) is 60.4 Å². The number of cyclic esters (lactones) is 1. The molecule has 2 rings (SSSR count). The van der Waals surface area contributed by atoms with Gasteiger partial charge in [0.05, 0.1) is 12.2 Å². The molecule has 30 heavy (non-hydrogen) atoms. The maximum atomic E-state index is 12.9. The smallest absolute Gasteiger partial charge is 0.330 e. The Balaban J connectivity index is 0.00000450. The van der Waals surface area contributed by atoms with Crippen LogP contribution in [0.2, 0.25) is 0 Å². The summed E-state index contributed by atoms with van der Waals surface area (Å²) < 4.78 is 11.4. The lowest BCUT2D eigenvalue weighted by molar-refractivity contribution is -0.157. The van der Waals surface area contributed by atoms with Crippen molar-refractivity contribution in [1.82, 2.24) is 4.90 Å². The van der Waals surface area contributed by atoms with Crippen molar-refractivity contribution in [1.29, 1.82) is 0 Å². The maximum Gasteiger partial charge on any atom is 0.330 e. The number of aliphatic hydroxyl groups is 1. The summed E-state index contributed by atoms with van der Waals surface area (Å²) in [6.07, 6.45) is 9.95. The van der Waals surface area contributed by atoms with E-state index in [0.29, 0.717) is 12.8 Å². The first-order chi connectivity index (χ1) is 13.7. The standard InChI is InChI=1S/C23H37NO5.ClH/c1-15(2)22(24(4)5)23(27)29-20-11-12-21(26)28-16(3)9-7-6-8-10-17-13-18(25)14-19(17)20;/h8,10-12,15-20,22,25H,6-7,9,13-14H2,1-5H3;1H/b10-8+,12-11+;/t16-,17+,18-,19+,20+,22+;/m0./s1. The van der Waals surface area contributed by atoms with Gasteiger partial charge >= 0.3 is 11.9 Å². The van der Waals surface area contributed by atoms with E-state index in [4.69, 9.17) is 9.47 Å². The number of allylic oxidation sites excluding steroid dienone is 2. The number of esters is 2. The van der Waals surface area contributed by atoms with Crippen molar-refractivity contribution >= 4 is 24.3 Å². The SMILES string of the molecule is CC(C)[C@H](C(=O)O[C@@H]1/C=C/C(=O)O[C@@H](C)CCC/C=C/[C@@H]2C[C@H](O)C[C@H]21)N(C)C.Cl. The predicted molar refractivity (Wildman–Crippen MR) is 119 cm³/mol. The highest BCUT2D eigenvalue weighted by Gasteiger charge is 2.39. The number of ether oxygens (including phenoxy) is 2. The molecule has 7 heteroatoms. The molecule has 0 aromatic carbocycles. The van der Waals surface area contributed by atoms with Gasteiger partial charge in [-0.3, -0.25) is 9.69 Å². The second-order valence-corrected chi connectivity index (χ2v) is 8.97. The fraction of sp³-hybridized carbons (Fsp3) is 0.739. The monoisotopic (exact) mass is 443 g/mol. The van der Waals surface area contributed by atoms with Crippen LogP contribution < -0.4 is 0 Å². The molecule has 1 N–H and O–H groups in total. The minimum Gasteiger partial charge on any atom is -0.460 e. The van der Waals surface area contributed by atoms with E-state index in [-0.39, 0.29) is 48.3 Å². The number of halogens is 1. The quantitative estimate of drug-likeness (QED) is 0.529. The molecule has 1 heterocycles. The van der Waals surface area contributed by atoms with Gasteiger partial charge in [0.2, 0.25) is 0 Å². The molecular formula is C23H38ClNO5. The van der Waals surface area contributed by atoms with Crippen LogP contribution in [0.1, 0.15) is 52.9 Å². The van der Waals surface area contributed by atoms with Crippen molar-refractivity contribution in [3.8, 4) is 0 Å². The number of fused-ring (bicyclic) bond motifs is 1. The number of carbonyl (C=O) groups excluding carboxylic acids is 2. The van der Waals surface area contributed by atoms with Gasteiger partial charge in [-0.25, -0.2) is 4.79 Å². The minimum absolute atomic E-state index is 0. The first-order valence-corrected chi connectivity index (χ1v) is 10.8. The molecule has 0 radical (unpaired) electrons. The molecule has 0 saturated heterocycles. The third kappa shape index (κ3) is 7.71. The highest BCUT2D eigenvalue weighted by Crippen LogP contribution is 2.37. The third-order valence-electron chi connectivity index (χ3n) is 5.85. The Labute approximate surface area is 187 Å². The van der Waals surface area contributed by atoms with Gasteiger partial charge in [0.15, 0.2) is 0 Å². The summed E-state index contributed by atoms with van der Waals surface area (Å²) in [5.74, 6) is -0.600. The second-order valence-electron chi connectivity index (χ2n) is 8.97. The molecule has 0 spiro atoms. The lowest BCUT2D eigenvalue weighted by Gasteiger charge is -2.30. The van der Waals surface area contributed by atoms with Crippen LogP contribution in [0.4, 0.5) is 0 Å². The van der Waals surface area contributed by atoms with Gasteiger partial charge in [-0.1, -0.05) is 26.0 Å². The van der Waals surface area contributed by atoms with E-state index in [2.05, 4.69) is 12.2 Å². The fourth-order valence-corrected chi connectivity index (χ4v) is 4.49. The number of nitrogens with zero attached hydrogens (tertiary/aromatic N) is 1. The Hall–Kier alpha value is -1.37. The van der Waals surface area contributed by atoms with E-state index < -0.39 is 18.2 Å². The first-order valence-electron chi connectivity index (χ1n) is 10.8. The van der Waals surface area contributed by atoms with Crippen molar-refractivity contribution < 1.29 is 24.2 Å². The number of hydrogen-bond donors (Lipinski definition) is 1. The lowest BCUT2D eigenvalue weighted by atomic mass is 9.89. The highest BCUT2D eigenvalue weighted by molar-refractivity contribution is 5.85. The number of rotatable bonds is 4. The van der Waals surface area contributed by atoms with E-state index in [1.807, 2.05) is 39.8 Å². The minimum atomic E-state index is -0.584. The molecule has 0 amide bonds. The van der Waals surface area contributed by atoms with Gasteiger partial charge in [0.1, 0.15) is 12.1 Å². The summed E-state index contributed by atoms with van der Waals surface area (Å²) in [5.41, 5.74) is 0. The number of carbonyl (C=O) groups is 2. The molecule has 1 aliphatic heterocycles. The molecule has 172 valence electrons. The normalized spacial score (nSPS) is 33.2. The van der Waals surface area contributed by atoms with E-state index in [1.165, 1.54) is 6.08 Å². The molecule has 0 bridgehead atoms. The van der Waals surface area contributed by atoms with E-state index >= 15 is 0 Å². The van der Waals surface area contributed by atoms with Crippen molar-refractivity contribution in [2.45, 2.75) is 77.2 Å². The van der Waals surface area contributed by atoms with Gasteiger partial charge < -0.3 is 14.6 Å². The average Bonchev–Trinajstić information content (AvgIpc) is 2.97. The molecule has 1 fully saturated rings. The summed E-state index contributed by atoms with van der Waals surface area (Å²) in [6, 6.07) is -0.375. The van der Waals surface area contributed by atoms with E-state index in [9.17, 15) is 14.7 Å². The first kappa shape index (κ1) is 26.7. The van der Waals surface area contributed by atoms with Crippen molar-refractivity contribution in [2.24, 2.45) is 17.8 Å². The number of hydrogen-bond acceptors (Lipinski definition) is 6. The van der Waals surface area contributed by atoms with Crippen molar-refractivity contribution in [3.05, 3.63) is 24.3 Å². The maximum absolute atomic E-state index is 12.9. The zero-order valence-electron chi connectivity index (χ0n) is 18.8. The predicted octanol–water partition coefficient (Wildman–Crippen LogP) is 3.52. The average molecular weight is 444 g/mol. The van der Waals surface area contributed by atoms with E-state index in [1.54, 1.807) is 6.08 Å². The third-order valence-corrected chi connectivity index (χ3v) is 5.85. The topological polar surface area (TPSA) is 76.1 Å². The molecule has 1 aliphatic carbocycles. The molecule has 6 nitrogen and oxygen atoms in total. The Morgan fingerprint density at radius 1 is 1.27 bits per heavy atom. The van der Waals surface area contributed by atoms with Crippen LogP contribution in [0.25, 0.3) is 0 Å². The molecular weight excluding hydrogens is 406 g/mol. The molecule has 1 saturated carbocycles. The Bertz CT molecular complexity index is 611. The van der Waals surface area contributed by atoms with Gasteiger partial charge in [0, 0.05) is 12.0 Å². The molecule has 2 aliphatic rings. The summed E-state index contributed by atoms with van der Waals surface area (Å²) in [4.78, 5) is 27.0. The zero-order valence-corrected chi connectivity index (χ0v) is 19.6. The molecule has 0 aromatic rings. The van der Waals surface area contributed by atoms with Crippen molar-refractivity contribution in [2.75, 3.05) is 14.1 Å². The fourth-order valence-electron chi connectivity index (χ4n) is 4.49. The summed E-state index contributed by atoms with van der Waals surface area (Å²) in [7, 11) is 3.71. The van der Waals surface area contributed by atoms with Crippen LogP contribution in [0.5, 0.6) is 0 Å². The highest BCUT2D eigenvalue weighted by atomic mass is 35.5. The Morgan fingerprint density at radius 3 is 2.60 bits per heavy atom. The van der Waals surface area contributed by atoms with Gasteiger partial charge in [-0.15, -0.1) is 12.4 Å². The lowest BCUT2D eigenvalue weighted by Crippen LogP contribution is -2.43. The number of aliphatic hydroxyl groups excluding tert-OH is 1. The van der Waals surface area contributed by atoms with Gasteiger partial charge in [0.25, 0.3) is 0 Å².